The van der Waals surface area contributed by atoms with Gasteiger partial charge in [0, 0.05) is 32.8 Å². The number of ketones is 1. The normalized spacial score (nSPS) is 18.9. The Morgan fingerprint density at radius 1 is 1.03 bits per heavy atom. The van der Waals surface area contributed by atoms with Gasteiger partial charge in [-0.05, 0) is 54.7 Å². The summed E-state index contributed by atoms with van der Waals surface area (Å²) in [4.78, 5) is 27.7. The van der Waals surface area contributed by atoms with E-state index in [2.05, 4.69) is 24.0 Å². The molecule has 2 aliphatic rings. The van der Waals surface area contributed by atoms with Gasteiger partial charge >= 0.3 is 5.97 Å². The van der Waals surface area contributed by atoms with Crippen molar-refractivity contribution >= 4 is 11.8 Å². The van der Waals surface area contributed by atoms with Crippen LogP contribution in [0.3, 0.4) is 0 Å². The number of hydrogen-bond acceptors (Lipinski definition) is 7. The second kappa shape index (κ2) is 11.0. The first kappa shape index (κ1) is 24.8. The number of benzene rings is 2. The van der Waals surface area contributed by atoms with Crippen LogP contribution in [0.15, 0.2) is 48.2 Å². The fourth-order valence-electron chi connectivity index (χ4n) is 4.96. The van der Waals surface area contributed by atoms with E-state index in [1.54, 1.807) is 27.3 Å². The lowest BCUT2D eigenvalue weighted by molar-refractivity contribution is -0.140. The topological polar surface area (TPSA) is 74.3 Å². The van der Waals surface area contributed by atoms with Gasteiger partial charge in [-0.3, -0.25) is 4.79 Å². The van der Waals surface area contributed by atoms with Gasteiger partial charge in [0.25, 0.3) is 0 Å². The van der Waals surface area contributed by atoms with Crippen LogP contribution in [0.1, 0.15) is 54.1 Å². The second-order valence-corrected chi connectivity index (χ2v) is 8.83. The maximum atomic E-state index is 13.0. The van der Waals surface area contributed by atoms with Crippen LogP contribution in [-0.4, -0.2) is 50.7 Å². The van der Waals surface area contributed by atoms with Gasteiger partial charge < -0.3 is 23.8 Å². The first-order valence-corrected chi connectivity index (χ1v) is 12.1. The number of rotatable bonds is 9. The van der Waals surface area contributed by atoms with Gasteiger partial charge in [-0.15, -0.1) is 0 Å². The fourth-order valence-corrected chi connectivity index (χ4v) is 4.96. The van der Waals surface area contributed by atoms with E-state index in [0.29, 0.717) is 31.1 Å². The monoisotopic (exact) mass is 479 g/mol. The van der Waals surface area contributed by atoms with E-state index in [9.17, 15) is 9.59 Å². The zero-order valence-electron chi connectivity index (χ0n) is 20.8. The highest BCUT2D eigenvalue weighted by Gasteiger charge is 2.41. The number of esters is 1. The predicted molar refractivity (Wildman–Crippen MR) is 132 cm³/mol. The maximum Gasteiger partial charge on any atom is 0.343 e. The molecule has 0 N–H and O–H groups in total. The van der Waals surface area contributed by atoms with E-state index < -0.39 is 5.97 Å². The molecule has 35 heavy (non-hydrogen) atoms. The molecule has 2 aromatic rings. The highest BCUT2D eigenvalue weighted by Crippen LogP contribution is 2.48. The van der Waals surface area contributed by atoms with Crippen molar-refractivity contribution in [1.82, 2.24) is 4.90 Å². The van der Waals surface area contributed by atoms with E-state index in [4.69, 9.17) is 18.9 Å². The molecule has 0 aliphatic carbocycles. The number of aryl methyl sites for hydroxylation is 1. The molecule has 0 spiro atoms. The summed E-state index contributed by atoms with van der Waals surface area (Å²) >= 11 is 0. The molecular weight excluding hydrogens is 446 g/mol. The molecule has 0 saturated carbocycles. The van der Waals surface area contributed by atoms with E-state index in [0.717, 1.165) is 28.7 Å². The van der Waals surface area contributed by atoms with Crippen LogP contribution < -0.4 is 9.47 Å². The fraction of sp³-hybridized carbons (Fsp3) is 0.429. The van der Waals surface area contributed by atoms with Gasteiger partial charge in [0.1, 0.15) is 5.57 Å². The summed E-state index contributed by atoms with van der Waals surface area (Å²) < 4.78 is 22.0. The number of fused-ring (bicyclic) bond motifs is 3. The third kappa shape index (κ3) is 5.05. The molecule has 2 atom stereocenters. The number of carbonyl (C=O) groups is 2. The van der Waals surface area contributed by atoms with E-state index in [-0.39, 0.29) is 36.5 Å². The SMILES string of the molecule is CCOC(=O)C1=CN2C(c3ccccc3C)Cc3cc(OCCCOC)c(OC)cc3C2CC1=O. The smallest absolute Gasteiger partial charge is 0.343 e. The quantitative estimate of drug-likeness (QED) is 0.298. The van der Waals surface area contributed by atoms with Crippen LogP contribution in [0.25, 0.3) is 0 Å². The van der Waals surface area contributed by atoms with Crippen molar-refractivity contribution in [3.05, 3.63) is 70.4 Å². The number of Topliss-reactive ketones (excluding diaryl/α,β-unsaturated/α-hetero) is 1. The average molecular weight is 480 g/mol. The Kier molecular flexibility index (Phi) is 7.76. The minimum Gasteiger partial charge on any atom is -0.493 e. The first-order valence-electron chi connectivity index (χ1n) is 12.1. The highest BCUT2D eigenvalue weighted by atomic mass is 16.5. The van der Waals surface area contributed by atoms with Crippen LogP contribution in [0.4, 0.5) is 0 Å². The van der Waals surface area contributed by atoms with E-state index >= 15 is 0 Å². The Balaban J connectivity index is 1.78. The summed E-state index contributed by atoms with van der Waals surface area (Å²) in [5.41, 5.74) is 4.56. The Morgan fingerprint density at radius 3 is 2.51 bits per heavy atom. The Hall–Kier alpha value is -3.32. The van der Waals surface area contributed by atoms with Crippen molar-refractivity contribution in [2.45, 2.75) is 45.2 Å². The number of ether oxygens (including phenoxy) is 4. The molecular formula is C28H33NO6. The van der Waals surface area contributed by atoms with Crippen LogP contribution in [0.5, 0.6) is 11.5 Å². The molecule has 0 amide bonds. The number of carbonyl (C=O) groups excluding carboxylic acids is 2. The van der Waals surface area contributed by atoms with Crippen molar-refractivity contribution in [2.75, 3.05) is 34.0 Å². The van der Waals surface area contributed by atoms with Crippen molar-refractivity contribution < 1.29 is 28.5 Å². The van der Waals surface area contributed by atoms with Crippen LogP contribution in [0, 0.1) is 6.92 Å². The van der Waals surface area contributed by atoms with Gasteiger partial charge in [-0.2, -0.15) is 0 Å². The summed E-state index contributed by atoms with van der Waals surface area (Å²) in [5, 5.41) is 0. The first-order chi connectivity index (χ1) is 17.0. The molecule has 0 bridgehead atoms. The summed E-state index contributed by atoms with van der Waals surface area (Å²) in [6.45, 7) is 5.19. The molecule has 0 aromatic heterocycles. The number of hydrogen-bond donors (Lipinski definition) is 0. The molecule has 186 valence electrons. The number of methoxy groups -OCH3 is 2. The molecule has 0 radical (unpaired) electrons. The minimum atomic E-state index is -0.567. The summed E-state index contributed by atoms with van der Waals surface area (Å²) in [7, 11) is 3.29. The van der Waals surface area contributed by atoms with E-state index in [1.165, 1.54) is 0 Å². The van der Waals surface area contributed by atoms with Crippen LogP contribution >= 0.6 is 0 Å². The highest BCUT2D eigenvalue weighted by molar-refractivity contribution is 6.17. The minimum absolute atomic E-state index is 0.0408. The molecule has 2 aromatic carbocycles. The van der Waals surface area contributed by atoms with Crippen molar-refractivity contribution in [2.24, 2.45) is 0 Å². The van der Waals surface area contributed by atoms with Crippen molar-refractivity contribution in [3.8, 4) is 11.5 Å². The van der Waals surface area contributed by atoms with Gasteiger partial charge in [-0.1, -0.05) is 24.3 Å². The summed E-state index contributed by atoms with van der Waals surface area (Å²) in [5.74, 6) is 0.537. The molecule has 2 unspecified atom stereocenters. The zero-order chi connectivity index (χ0) is 24.9. The maximum absolute atomic E-state index is 13.0. The van der Waals surface area contributed by atoms with Crippen LogP contribution in [-0.2, 0) is 25.5 Å². The molecule has 0 fully saturated rings. The van der Waals surface area contributed by atoms with Crippen molar-refractivity contribution in [1.29, 1.82) is 0 Å². The lowest BCUT2D eigenvalue weighted by Crippen LogP contribution is -2.40. The third-order valence-electron chi connectivity index (χ3n) is 6.67. The lowest BCUT2D eigenvalue weighted by atomic mass is 9.80. The average Bonchev–Trinajstić information content (AvgIpc) is 2.86. The van der Waals surface area contributed by atoms with Gasteiger partial charge in [-0.25, -0.2) is 4.79 Å². The molecule has 4 rings (SSSR count). The Labute approximate surface area is 206 Å². The third-order valence-corrected chi connectivity index (χ3v) is 6.67. The largest absolute Gasteiger partial charge is 0.493 e. The lowest BCUT2D eigenvalue weighted by Gasteiger charge is -2.45. The van der Waals surface area contributed by atoms with Gasteiger partial charge in [0.15, 0.2) is 17.3 Å². The molecule has 7 heteroatoms. The predicted octanol–water partition coefficient (Wildman–Crippen LogP) is 4.48. The van der Waals surface area contributed by atoms with Crippen molar-refractivity contribution in [3.63, 3.8) is 0 Å². The number of nitrogens with zero attached hydrogens (tertiary/aromatic N) is 1. The standard InChI is InChI=1S/C28H33NO6/c1-5-34-28(31)22-17-29-23(20-10-7-6-9-18(20)2)13-19-14-27(35-12-8-11-32-3)26(33-4)15-21(19)24(29)16-25(22)30/h6-7,9-10,14-15,17,23-24H,5,8,11-13,16H2,1-4H3. The zero-order valence-corrected chi connectivity index (χ0v) is 20.8. The second-order valence-electron chi connectivity index (χ2n) is 8.83. The summed E-state index contributed by atoms with van der Waals surface area (Å²) in [6.07, 6.45) is 3.37. The Morgan fingerprint density at radius 2 is 1.80 bits per heavy atom. The van der Waals surface area contributed by atoms with E-state index in [1.807, 2.05) is 24.3 Å². The molecule has 2 aliphatic heterocycles. The molecule has 0 saturated heterocycles. The molecule has 2 heterocycles. The van der Waals surface area contributed by atoms with Gasteiger partial charge in [0.05, 0.1) is 32.4 Å². The Bertz CT molecular complexity index is 1120. The molecule has 7 nitrogen and oxygen atoms in total. The van der Waals surface area contributed by atoms with Crippen LogP contribution in [0.2, 0.25) is 0 Å². The van der Waals surface area contributed by atoms with Gasteiger partial charge in [0.2, 0.25) is 0 Å². The summed E-state index contributed by atoms with van der Waals surface area (Å²) in [6, 6.07) is 12.0.